The molecule has 0 fully saturated rings. The second-order valence-electron chi connectivity index (χ2n) is 4.32. The van der Waals surface area contributed by atoms with E-state index in [-0.39, 0.29) is 5.78 Å². The molecule has 90 valence electrons. The van der Waals surface area contributed by atoms with Gasteiger partial charge in [-0.05, 0) is 25.2 Å². The van der Waals surface area contributed by atoms with Gasteiger partial charge < -0.3 is 4.74 Å². The first kappa shape index (κ1) is 13.0. The Morgan fingerprint density at radius 2 is 2.12 bits per heavy atom. The number of hydrogen-bond acceptors (Lipinski definition) is 2. The van der Waals surface area contributed by atoms with E-state index in [4.69, 9.17) is 4.74 Å². The number of hydrogen-bond donors (Lipinski definition) is 0. The molecular weight excluding hydrogens is 200 g/mol. The number of carbonyl (C=O) groups excluding carboxylic acids is 1. The Hall–Kier alpha value is -1.05. The van der Waals surface area contributed by atoms with Gasteiger partial charge in [0, 0.05) is 18.4 Å². The van der Waals surface area contributed by atoms with Crippen LogP contribution >= 0.6 is 0 Å². The number of carbonyl (C=O) groups is 1. The lowest BCUT2D eigenvalue weighted by Crippen LogP contribution is -2.07. The summed E-state index contributed by atoms with van der Waals surface area (Å²) < 4.78 is 5.28. The summed E-state index contributed by atoms with van der Waals surface area (Å²) in [4.78, 5) is 11.7. The Kier molecular flexibility index (Phi) is 5.30. The van der Waals surface area contributed by atoms with Gasteiger partial charge in [-0.3, -0.25) is 4.79 Å². The Bertz CT molecular complexity index is 300. The third kappa shape index (κ3) is 3.22. The monoisotopic (exact) mass is 222 g/mol. The third-order valence-electron chi connectivity index (χ3n) is 3.09. The van der Waals surface area contributed by atoms with Crippen molar-refractivity contribution in [3.8, 4) is 0 Å². The zero-order valence-electron chi connectivity index (χ0n) is 10.6. The normalized spacial score (nSPS) is 18.6. The van der Waals surface area contributed by atoms with Gasteiger partial charge in [-0.15, -0.1) is 0 Å². The maximum absolute atomic E-state index is 11.7. The van der Waals surface area contributed by atoms with Crippen molar-refractivity contribution in [3.05, 3.63) is 23.5 Å². The first-order valence-electron chi connectivity index (χ1n) is 6.15. The van der Waals surface area contributed by atoms with Crippen LogP contribution in [0.1, 0.15) is 46.0 Å². The van der Waals surface area contributed by atoms with E-state index in [2.05, 4.69) is 26.0 Å². The summed E-state index contributed by atoms with van der Waals surface area (Å²) in [6, 6.07) is 0. The van der Waals surface area contributed by atoms with E-state index in [9.17, 15) is 4.79 Å². The molecule has 0 aromatic heterocycles. The standard InChI is InChI=1S/C14H22O2/c1-4-5-6-7-8-11(2)14-12(15)9-10-13(14)16-3/h5-6,11H,4,7-10H2,1-3H3/b6-5+. The predicted octanol–water partition coefficient (Wildman–Crippen LogP) is 3.63. The minimum absolute atomic E-state index is 0.281. The van der Waals surface area contributed by atoms with E-state index in [0.29, 0.717) is 12.3 Å². The topological polar surface area (TPSA) is 26.3 Å². The Morgan fingerprint density at radius 1 is 1.38 bits per heavy atom. The highest BCUT2D eigenvalue weighted by atomic mass is 16.5. The van der Waals surface area contributed by atoms with Crippen LogP contribution in [0.3, 0.4) is 0 Å². The molecule has 1 atom stereocenters. The van der Waals surface area contributed by atoms with Crippen molar-refractivity contribution in [1.82, 2.24) is 0 Å². The molecule has 0 amide bonds. The first-order valence-corrected chi connectivity index (χ1v) is 6.15. The fourth-order valence-corrected chi connectivity index (χ4v) is 2.19. The predicted molar refractivity (Wildman–Crippen MR) is 66.1 cm³/mol. The quantitative estimate of drug-likeness (QED) is 0.641. The van der Waals surface area contributed by atoms with Crippen LogP contribution in [-0.4, -0.2) is 12.9 Å². The summed E-state index contributed by atoms with van der Waals surface area (Å²) in [7, 11) is 1.66. The highest BCUT2D eigenvalue weighted by Crippen LogP contribution is 2.31. The zero-order chi connectivity index (χ0) is 12.0. The van der Waals surface area contributed by atoms with Crippen LogP contribution < -0.4 is 0 Å². The van der Waals surface area contributed by atoms with Crippen molar-refractivity contribution in [1.29, 1.82) is 0 Å². The lowest BCUT2D eigenvalue weighted by molar-refractivity contribution is -0.115. The lowest BCUT2D eigenvalue weighted by Gasteiger charge is -2.12. The maximum atomic E-state index is 11.7. The van der Waals surface area contributed by atoms with Crippen molar-refractivity contribution in [2.24, 2.45) is 5.92 Å². The molecule has 0 aliphatic heterocycles. The van der Waals surface area contributed by atoms with Crippen LogP contribution in [0, 0.1) is 5.92 Å². The summed E-state index contributed by atoms with van der Waals surface area (Å²) in [5.74, 6) is 1.52. The van der Waals surface area contributed by atoms with Crippen molar-refractivity contribution >= 4 is 5.78 Å². The molecule has 0 saturated heterocycles. The summed E-state index contributed by atoms with van der Waals surface area (Å²) in [6.07, 6.45) is 8.96. The van der Waals surface area contributed by atoms with Gasteiger partial charge >= 0.3 is 0 Å². The molecule has 0 saturated carbocycles. The number of rotatable bonds is 6. The molecule has 2 heteroatoms. The van der Waals surface area contributed by atoms with Gasteiger partial charge in [0.15, 0.2) is 5.78 Å². The molecule has 1 aliphatic carbocycles. The zero-order valence-corrected chi connectivity index (χ0v) is 10.6. The average Bonchev–Trinajstić information content (AvgIpc) is 2.65. The molecule has 1 rings (SSSR count). The number of ketones is 1. The Labute approximate surface area is 98.4 Å². The van der Waals surface area contributed by atoms with Gasteiger partial charge in [0.1, 0.15) is 5.76 Å². The van der Waals surface area contributed by atoms with Crippen molar-refractivity contribution in [2.75, 3.05) is 7.11 Å². The van der Waals surface area contributed by atoms with Crippen LogP contribution in [0.5, 0.6) is 0 Å². The molecular formula is C14H22O2. The summed E-state index contributed by atoms with van der Waals surface area (Å²) in [6.45, 7) is 4.25. The van der Waals surface area contributed by atoms with Gasteiger partial charge in [-0.25, -0.2) is 0 Å². The van der Waals surface area contributed by atoms with E-state index in [1.54, 1.807) is 7.11 Å². The maximum Gasteiger partial charge on any atom is 0.162 e. The molecule has 0 bridgehead atoms. The molecule has 0 spiro atoms. The van der Waals surface area contributed by atoms with Crippen LogP contribution in [0.25, 0.3) is 0 Å². The van der Waals surface area contributed by atoms with Crippen molar-refractivity contribution in [3.63, 3.8) is 0 Å². The second-order valence-corrected chi connectivity index (χ2v) is 4.32. The molecule has 16 heavy (non-hydrogen) atoms. The van der Waals surface area contributed by atoms with Gasteiger partial charge in [0.05, 0.1) is 7.11 Å². The highest BCUT2D eigenvalue weighted by Gasteiger charge is 2.27. The lowest BCUT2D eigenvalue weighted by atomic mass is 9.94. The number of methoxy groups -OCH3 is 1. The van der Waals surface area contributed by atoms with Crippen molar-refractivity contribution < 1.29 is 9.53 Å². The summed E-state index contributed by atoms with van der Waals surface area (Å²) >= 11 is 0. The number of allylic oxidation sites excluding steroid dienone is 4. The van der Waals surface area contributed by atoms with E-state index in [0.717, 1.165) is 37.0 Å². The van der Waals surface area contributed by atoms with Crippen LogP contribution in [0.15, 0.2) is 23.5 Å². The smallest absolute Gasteiger partial charge is 0.162 e. The Balaban J connectivity index is 2.55. The van der Waals surface area contributed by atoms with Gasteiger partial charge in [-0.1, -0.05) is 26.0 Å². The van der Waals surface area contributed by atoms with E-state index in [1.807, 2.05) is 0 Å². The van der Waals surface area contributed by atoms with E-state index < -0.39 is 0 Å². The minimum Gasteiger partial charge on any atom is -0.501 e. The molecule has 0 radical (unpaired) electrons. The average molecular weight is 222 g/mol. The van der Waals surface area contributed by atoms with E-state index >= 15 is 0 Å². The molecule has 0 aromatic carbocycles. The van der Waals surface area contributed by atoms with E-state index in [1.165, 1.54) is 0 Å². The first-order chi connectivity index (χ1) is 7.70. The van der Waals surface area contributed by atoms with Gasteiger partial charge in [-0.2, -0.15) is 0 Å². The highest BCUT2D eigenvalue weighted by molar-refractivity contribution is 5.98. The molecule has 0 heterocycles. The summed E-state index contributed by atoms with van der Waals surface area (Å²) in [5.41, 5.74) is 0.937. The van der Waals surface area contributed by atoms with Crippen molar-refractivity contribution in [2.45, 2.75) is 46.0 Å². The number of Topliss-reactive ketones (excluding diaryl/α,β-unsaturated/α-hetero) is 1. The number of ether oxygens (including phenoxy) is 1. The molecule has 1 aliphatic rings. The SMILES string of the molecule is CC/C=C/CCC(C)C1=C(OC)CCC1=O. The van der Waals surface area contributed by atoms with Gasteiger partial charge in [0.25, 0.3) is 0 Å². The van der Waals surface area contributed by atoms with Crippen LogP contribution in [0.4, 0.5) is 0 Å². The summed E-state index contributed by atoms with van der Waals surface area (Å²) in [5, 5.41) is 0. The molecule has 0 aromatic rings. The fraction of sp³-hybridized carbons (Fsp3) is 0.643. The molecule has 1 unspecified atom stereocenters. The largest absolute Gasteiger partial charge is 0.501 e. The molecule has 2 nitrogen and oxygen atoms in total. The van der Waals surface area contributed by atoms with Gasteiger partial charge in [0.2, 0.25) is 0 Å². The van der Waals surface area contributed by atoms with Crippen LogP contribution in [-0.2, 0) is 9.53 Å². The van der Waals surface area contributed by atoms with Crippen LogP contribution in [0.2, 0.25) is 0 Å². The minimum atomic E-state index is 0.281. The Morgan fingerprint density at radius 3 is 2.75 bits per heavy atom. The third-order valence-corrected chi connectivity index (χ3v) is 3.09. The second kappa shape index (κ2) is 6.51. The fourth-order valence-electron chi connectivity index (χ4n) is 2.19. The molecule has 0 N–H and O–H groups in total.